The smallest absolute Gasteiger partial charge is 0.103 e. The van der Waals surface area contributed by atoms with E-state index in [1.165, 1.54) is 11.1 Å². The first kappa shape index (κ1) is 10.1. The van der Waals surface area contributed by atoms with Gasteiger partial charge in [-0.2, -0.15) is 5.26 Å². The van der Waals surface area contributed by atoms with E-state index in [-0.39, 0.29) is 0 Å². The van der Waals surface area contributed by atoms with Gasteiger partial charge in [0.1, 0.15) is 6.54 Å². The van der Waals surface area contributed by atoms with Crippen LogP contribution in [-0.2, 0) is 0 Å². The first-order valence-electron chi connectivity index (χ1n) is 4.02. The van der Waals surface area contributed by atoms with Crippen molar-refractivity contribution in [1.29, 1.82) is 5.26 Å². The van der Waals surface area contributed by atoms with Crippen LogP contribution in [0.4, 0.5) is 5.69 Å². The third-order valence-electron chi connectivity index (χ3n) is 1.81. The van der Waals surface area contributed by atoms with E-state index in [1.807, 2.05) is 32.0 Å². The number of nitrogens with zero attached hydrogens (tertiary/aromatic N) is 1. The van der Waals surface area contributed by atoms with Gasteiger partial charge in [-0.25, -0.2) is 0 Å². The lowest BCUT2D eigenvalue weighted by Gasteiger charge is -2.07. The molecule has 0 spiro atoms. The Kier molecular flexibility index (Phi) is 3.32. The summed E-state index contributed by atoms with van der Waals surface area (Å²) in [6.07, 6.45) is 0. The summed E-state index contributed by atoms with van der Waals surface area (Å²) in [6.45, 7) is 4.42. The molecule has 0 saturated carbocycles. The molecule has 0 saturated heterocycles. The summed E-state index contributed by atoms with van der Waals surface area (Å²) in [5, 5.41) is 11.4. The Balaban J connectivity index is 2.94. The molecule has 0 fully saturated rings. The minimum absolute atomic E-state index is 0.348. The molecule has 0 aliphatic carbocycles. The summed E-state index contributed by atoms with van der Waals surface area (Å²) in [5.41, 5.74) is 3.36. The molecule has 1 rings (SSSR count). The normalized spacial score (nSPS) is 9.38. The second kappa shape index (κ2) is 4.29. The zero-order valence-corrected chi connectivity index (χ0v) is 9.27. The molecule has 1 aromatic carbocycles. The second-order valence-corrected chi connectivity index (χ2v) is 3.73. The second-order valence-electron chi connectivity index (χ2n) is 2.94. The molecule has 13 heavy (non-hydrogen) atoms. The van der Waals surface area contributed by atoms with Gasteiger partial charge in [-0.3, -0.25) is 0 Å². The highest BCUT2D eigenvalue weighted by molar-refractivity contribution is 9.10. The number of aryl methyl sites for hydroxylation is 2. The minimum Gasteiger partial charge on any atom is -0.372 e. The maximum Gasteiger partial charge on any atom is 0.103 e. The number of halogens is 1. The molecule has 0 radical (unpaired) electrons. The van der Waals surface area contributed by atoms with Crippen LogP contribution in [0.15, 0.2) is 16.6 Å². The number of nitriles is 1. The number of nitrogens with one attached hydrogen (secondary N) is 1. The third-order valence-corrected chi connectivity index (χ3v) is 3.06. The Hall–Kier alpha value is -1.01. The summed E-state index contributed by atoms with van der Waals surface area (Å²) < 4.78 is 1.13. The fraction of sp³-hybridized carbons (Fsp3) is 0.300. The average molecular weight is 239 g/mol. The van der Waals surface area contributed by atoms with Crippen LogP contribution < -0.4 is 5.32 Å². The lowest BCUT2D eigenvalue weighted by molar-refractivity contribution is 1.28. The van der Waals surface area contributed by atoms with Crippen LogP contribution in [0.5, 0.6) is 0 Å². The first-order chi connectivity index (χ1) is 6.15. The van der Waals surface area contributed by atoms with Crippen molar-refractivity contribution < 1.29 is 0 Å². The lowest BCUT2D eigenvalue weighted by atomic mass is 10.1. The third kappa shape index (κ3) is 2.46. The first-order valence-corrected chi connectivity index (χ1v) is 4.82. The fourth-order valence-corrected chi connectivity index (χ4v) is 1.42. The predicted octanol–water partition coefficient (Wildman–Crippen LogP) is 3.00. The van der Waals surface area contributed by atoms with Gasteiger partial charge >= 0.3 is 0 Å². The maximum absolute atomic E-state index is 8.40. The molecule has 0 aromatic heterocycles. The van der Waals surface area contributed by atoms with E-state index in [1.54, 1.807) is 0 Å². The number of rotatable bonds is 2. The minimum atomic E-state index is 0.348. The van der Waals surface area contributed by atoms with Crippen LogP contribution >= 0.6 is 15.9 Å². The van der Waals surface area contributed by atoms with E-state index in [0.717, 1.165) is 10.2 Å². The van der Waals surface area contributed by atoms with Crippen molar-refractivity contribution >= 4 is 21.6 Å². The van der Waals surface area contributed by atoms with Gasteiger partial charge in [0, 0.05) is 10.2 Å². The quantitative estimate of drug-likeness (QED) is 0.805. The van der Waals surface area contributed by atoms with Crippen LogP contribution in [0.3, 0.4) is 0 Å². The Morgan fingerprint density at radius 1 is 1.38 bits per heavy atom. The number of hydrogen-bond acceptors (Lipinski definition) is 2. The van der Waals surface area contributed by atoms with Crippen LogP contribution in [0.1, 0.15) is 11.1 Å². The van der Waals surface area contributed by atoms with Crippen molar-refractivity contribution in [2.45, 2.75) is 13.8 Å². The standard InChI is InChI=1S/C10H11BrN2/c1-7-5-9(13-4-3-12)6-8(2)10(7)11/h5-6,13H,4H2,1-2H3. The van der Waals surface area contributed by atoms with E-state index < -0.39 is 0 Å². The van der Waals surface area contributed by atoms with Gasteiger partial charge in [-0.1, -0.05) is 15.9 Å². The topological polar surface area (TPSA) is 35.8 Å². The van der Waals surface area contributed by atoms with Crippen molar-refractivity contribution in [2.24, 2.45) is 0 Å². The predicted molar refractivity (Wildman–Crippen MR) is 57.7 cm³/mol. The summed E-state index contributed by atoms with van der Waals surface area (Å²) in [7, 11) is 0. The number of benzene rings is 1. The molecule has 0 unspecified atom stereocenters. The maximum atomic E-state index is 8.40. The van der Waals surface area contributed by atoms with Gasteiger partial charge in [-0.15, -0.1) is 0 Å². The number of anilines is 1. The summed E-state index contributed by atoms with van der Waals surface area (Å²) in [6, 6.07) is 6.09. The van der Waals surface area contributed by atoms with Crippen molar-refractivity contribution in [3.8, 4) is 6.07 Å². The van der Waals surface area contributed by atoms with Crippen molar-refractivity contribution in [3.05, 3.63) is 27.7 Å². The fourth-order valence-electron chi connectivity index (χ4n) is 1.19. The molecule has 0 amide bonds. The zero-order chi connectivity index (χ0) is 9.84. The molecular weight excluding hydrogens is 228 g/mol. The Morgan fingerprint density at radius 2 is 1.92 bits per heavy atom. The summed E-state index contributed by atoms with van der Waals surface area (Å²) in [5.74, 6) is 0. The van der Waals surface area contributed by atoms with E-state index >= 15 is 0 Å². The number of hydrogen-bond donors (Lipinski definition) is 1. The average Bonchev–Trinajstić information content (AvgIpc) is 2.10. The Bertz CT molecular complexity index is 329. The molecule has 0 bridgehead atoms. The van der Waals surface area contributed by atoms with E-state index in [0.29, 0.717) is 6.54 Å². The molecule has 3 heteroatoms. The van der Waals surface area contributed by atoms with Gasteiger partial charge < -0.3 is 5.32 Å². The van der Waals surface area contributed by atoms with Crippen LogP contribution in [0.25, 0.3) is 0 Å². The highest BCUT2D eigenvalue weighted by atomic mass is 79.9. The highest BCUT2D eigenvalue weighted by Crippen LogP contribution is 2.24. The van der Waals surface area contributed by atoms with Crippen molar-refractivity contribution in [1.82, 2.24) is 0 Å². The molecule has 68 valence electrons. The highest BCUT2D eigenvalue weighted by Gasteiger charge is 2.00. The largest absolute Gasteiger partial charge is 0.372 e. The van der Waals surface area contributed by atoms with Gasteiger partial charge in [-0.05, 0) is 37.1 Å². The van der Waals surface area contributed by atoms with Crippen molar-refractivity contribution in [2.75, 3.05) is 11.9 Å². The molecule has 0 aliphatic heterocycles. The lowest BCUT2D eigenvalue weighted by Crippen LogP contribution is -1.99. The summed E-state index contributed by atoms with van der Waals surface area (Å²) >= 11 is 3.49. The van der Waals surface area contributed by atoms with Crippen LogP contribution in [0.2, 0.25) is 0 Å². The molecule has 2 nitrogen and oxygen atoms in total. The SMILES string of the molecule is Cc1cc(NCC#N)cc(C)c1Br. The molecule has 0 atom stereocenters. The van der Waals surface area contributed by atoms with Crippen molar-refractivity contribution in [3.63, 3.8) is 0 Å². The molecule has 1 N–H and O–H groups in total. The van der Waals surface area contributed by atoms with Gasteiger partial charge in [0.2, 0.25) is 0 Å². The van der Waals surface area contributed by atoms with E-state index in [9.17, 15) is 0 Å². The van der Waals surface area contributed by atoms with E-state index in [2.05, 4.69) is 21.2 Å². The van der Waals surface area contributed by atoms with Gasteiger partial charge in [0.25, 0.3) is 0 Å². The summed E-state index contributed by atoms with van der Waals surface area (Å²) in [4.78, 5) is 0. The van der Waals surface area contributed by atoms with E-state index in [4.69, 9.17) is 5.26 Å². The monoisotopic (exact) mass is 238 g/mol. The molecule has 0 aliphatic rings. The van der Waals surface area contributed by atoms with Gasteiger partial charge in [0.15, 0.2) is 0 Å². The molecule has 0 heterocycles. The van der Waals surface area contributed by atoms with Crippen LogP contribution in [0, 0.1) is 25.2 Å². The Labute approximate surface area is 86.7 Å². The molecule has 1 aromatic rings. The Morgan fingerprint density at radius 3 is 2.38 bits per heavy atom. The zero-order valence-electron chi connectivity index (χ0n) is 7.69. The molecular formula is C10H11BrN2. The van der Waals surface area contributed by atoms with Crippen LogP contribution in [-0.4, -0.2) is 6.54 Å². The van der Waals surface area contributed by atoms with Gasteiger partial charge in [0.05, 0.1) is 6.07 Å².